The molecule has 1 aromatic heterocycles. The molecule has 0 aliphatic heterocycles. The quantitative estimate of drug-likeness (QED) is 0.343. The van der Waals surface area contributed by atoms with Crippen molar-refractivity contribution in [2.24, 2.45) is 5.10 Å². The van der Waals surface area contributed by atoms with Gasteiger partial charge in [-0.05, 0) is 42.8 Å². The molecule has 0 bridgehead atoms. The Balaban J connectivity index is 1.67. The summed E-state index contributed by atoms with van der Waals surface area (Å²) in [7, 11) is 1.59. The average molecular weight is 398 g/mol. The van der Waals surface area contributed by atoms with Crippen LogP contribution in [0.5, 0.6) is 11.5 Å². The Morgan fingerprint density at radius 3 is 2.71 bits per heavy atom. The normalized spacial score (nSPS) is 10.8. The van der Waals surface area contributed by atoms with Gasteiger partial charge in [0.05, 0.1) is 23.9 Å². The number of rotatable bonds is 8. The standard InChI is InChI=1S/C19H18N4O4S/c1-13-12-28-19(21-13)22-20-10-14-3-8-18(26-2)15(9-14)11-27-17-6-4-16(5-7-17)23(24)25/h3-10,12H,11H2,1-2H3,(H,21,22). The molecule has 9 heteroatoms. The number of nitrogens with one attached hydrogen (secondary N) is 1. The summed E-state index contributed by atoms with van der Waals surface area (Å²) >= 11 is 1.48. The number of ether oxygens (including phenoxy) is 2. The highest BCUT2D eigenvalue weighted by molar-refractivity contribution is 7.13. The van der Waals surface area contributed by atoms with E-state index < -0.39 is 4.92 Å². The van der Waals surface area contributed by atoms with Crippen LogP contribution in [0, 0.1) is 17.0 Å². The van der Waals surface area contributed by atoms with Crippen molar-refractivity contribution in [3.63, 3.8) is 0 Å². The topological polar surface area (TPSA) is 98.9 Å². The number of hydrazone groups is 1. The summed E-state index contributed by atoms with van der Waals surface area (Å²) in [5.74, 6) is 1.22. The zero-order chi connectivity index (χ0) is 19.9. The lowest BCUT2D eigenvalue weighted by Gasteiger charge is -2.11. The van der Waals surface area contributed by atoms with Crippen LogP contribution in [-0.2, 0) is 6.61 Å². The Morgan fingerprint density at radius 1 is 1.29 bits per heavy atom. The number of methoxy groups -OCH3 is 1. The minimum atomic E-state index is -0.448. The molecule has 1 N–H and O–H groups in total. The predicted octanol–water partition coefficient (Wildman–Crippen LogP) is 4.39. The van der Waals surface area contributed by atoms with Gasteiger partial charge in [-0.2, -0.15) is 5.10 Å². The van der Waals surface area contributed by atoms with Gasteiger partial charge < -0.3 is 9.47 Å². The molecule has 0 amide bonds. The lowest BCUT2D eigenvalue weighted by molar-refractivity contribution is -0.384. The van der Waals surface area contributed by atoms with E-state index in [0.29, 0.717) is 11.5 Å². The molecule has 0 spiro atoms. The molecule has 1 heterocycles. The molecular weight excluding hydrogens is 380 g/mol. The lowest BCUT2D eigenvalue weighted by Crippen LogP contribution is -2.00. The van der Waals surface area contributed by atoms with E-state index >= 15 is 0 Å². The first-order chi connectivity index (χ1) is 13.5. The van der Waals surface area contributed by atoms with E-state index in [-0.39, 0.29) is 12.3 Å². The molecule has 0 unspecified atom stereocenters. The number of nitro groups is 1. The Labute approximate surface area is 165 Å². The van der Waals surface area contributed by atoms with E-state index in [4.69, 9.17) is 9.47 Å². The van der Waals surface area contributed by atoms with Gasteiger partial charge in [0.15, 0.2) is 0 Å². The summed E-state index contributed by atoms with van der Waals surface area (Å²) in [4.78, 5) is 14.5. The first kappa shape index (κ1) is 19.3. The molecule has 0 saturated heterocycles. The van der Waals surface area contributed by atoms with Gasteiger partial charge in [0.2, 0.25) is 5.13 Å². The number of benzene rings is 2. The minimum Gasteiger partial charge on any atom is -0.496 e. The fourth-order valence-electron chi connectivity index (χ4n) is 2.38. The van der Waals surface area contributed by atoms with Gasteiger partial charge in [-0.1, -0.05) is 0 Å². The number of non-ortho nitro benzene ring substituents is 1. The molecule has 8 nitrogen and oxygen atoms in total. The maximum absolute atomic E-state index is 10.7. The van der Waals surface area contributed by atoms with Gasteiger partial charge >= 0.3 is 0 Å². The van der Waals surface area contributed by atoms with Crippen LogP contribution in [0.15, 0.2) is 52.9 Å². The highest BCUT2D eigenvalue weighted by Gasteiger charge is 2.08. The van der Waals surface area contributed by atoms with E-state index in [1.807, 2.05) is 30.5 Å². The van der Waals surface area contributed by atoms with Gasteiger partial charge in [0, 0.05) is 23.1 Å². The van der Waals surface area contributed by atoms with Crippen LogP contribution in [0.1, 0.15) is 16.8 Å². The maximum Gasteiger partial charge on any atom is 0.269 e. The van der Waals surface area contributed by atoms with E-state index in [2.05, 4.69) is 15.5 Å². The SMILES string of the molecule is COc1ccc(C=NNc2nc(C)cs2)cc1COc1ccc([N+](=O)[O-])cc1. The molecular formula is C19H18N4O4S. The molecule has 2 aromatic carbocycles. The van der Waals surface area contributed by atoms with Crippen molar-refractivity contribution in [3.8, 4) is 11.5 Å². The summed E-state index contributed by atoms with van der Waals surface area (Å²) < 4.78 is 11.1. The van der Waals surface area contributed by atoms with Crippen LogP contribution in [0.4, 0.5) is 10.8 Å². The Hall–Kier alpha value is -3.46. The third-order valence-electron chi connectivity index (χ3n) is 3.74. The van der Waals surface area contributed by atoms with Crippen molar-refractivity contribution in [1.82, 2.24) is 4.98 Å². The van der Waals surface area contributed by atoms with Crippen LogP contribution < -0.4 is 14.9 Å². The first-order valence-electron chi connectivity index (χ1n) is 8.30. The Morgan fingerprint density at radius 2 is 2.07 bits per heavy atom. The molecule has 3 rings (SSSR count). The smallest absolute Gasteiger partial charge is 0.269 e. The number of aryl methyl sites for hydroxylation is 1. The largest absolute Gasteiger partial charge is 0.496 e. The number of aromatic nitrogens is 1. The van der Waals surface area contributed by atoms with Crippen molar-refractivity contribution < 1.29 is 14.4 Å². The van der Waals surface area contributed by atoms with Gasteiger partial charge in [-0.25, -0.2) is 4.98 Å². The van der Waals surface area contributed by atoms with E-state index in [9.17, 15) is 10.1 Å². The summed E-state index contributed by atoms with van der Waals surface area (Å²) in [6, 6.07) is 11.6. The monoisotopic (exact) mass is 398 g/mol. The molecule has 0 atom stereocenters. The van der Waals surface area contributed by atoms with Crippen molar-refractivity contribution in [1.29, 1.82) is 0 Å². The Bertz CT molecular complexity index is 986. The number of nitro benzene ring substituents is 1. The number of hydrogen-bond donors (Lipinski definition) is 1. The fourth-order valence-corrected chi connectivity index (χ4v) is 3.02. The van der Waals surface area contributed by atoms with Crippen LogP contribution in [0.2, 0.25) is 0 Å². The molecule has 3 aromatic rings. The number of anilines is 1. The molecule has 0 fully saturated rings. The summed E-state index contributed by atoms with van der Waals surface area (Å²) in [5.41, 5.74) is 5.55. The fraction of sp³-hybridized carbons (Fsp3) is 0.158. The average Bonchev–Trinajstić information content (AvgIpc) is 3.12. The summed E-state index contributed by atoms with van der Waals surface area (Å²) in [6.07, 6.45) is 1.69. The summed E-state index contributed by atoms with van der Waals surface area (Å²) in [5, 5.41) is 17.6. The van der Waals surface area contributed by atoms with Crippen LogP contribution in [-0.4, -0.2) is 23.2 Å². The van der Waals surface area contributed by atoms with E-state index in [0.717, 1.165) is 22.0 Å². The first-order valence-corrected chi connectivity index (χ1v) is 9.18. The van der Waals surface area contributed by atoms with Crippen LogP contribution in [0.3, 0.4) is 0 Å². The van der Waals surface area contributed by atoms with E-state index in [1.54, 1.807) is 25.5 Å². The van der Waals surface area contributed by atoms with Crippen LogP contribution >= 0.6 is 11.3 Å². The van der Waals surface area contributed by atoms with Crippen molar-refractivity contribution >= 4 is 28.4 Å². The zero-order valence-corrected chi connectivity index (χ0v) is 16.1. The lowest BCUT2D eigenvalue weighted by atomic mass is 10.1. The highest BCUT2D eigenvalue weighted by Crippen LogP contribution is 2.23. The predicted molar refractivity (Wildman–Crippen MR) is 108 cm³/mol. The van der Waals surface area contributed by atoms with Gasteiger partial charge in [0.1, 0.15) is 18.1 Å². The molecule has 0 saturated carbocycles. The van der Waals surface area contributed by atoms with Gasteiger partial charge in [-0.3, -0.25) is 15.5 Å². The summed E-state index contributed by atoms with van der Waals surface area (Å²) in [6.45, 7) is 2.17. The second-order valence-corrected chi connectivity index (χ2v) is 6.63. The molecule has 144 valence electrons. The third-order valence-corrected chi connectivity index (χ3v) is 4.60. The third kappa shape index (κ3) is 5.04. The number of thiazole rings is 1. The molecule has 0 aliphatic rings. The molecule has 0 aliphatic carbocycles. The second kappa shape index (κ2) is 8.96. The number of hydrogen-bond acceptors (Lipinski definition) is 8. The number of nitrogens with zero attached hydrogens (tertiary/aromatic N) is 3. The molecule has 28 heavy (non-hydrogen) atoms. The highest BCUT2D eigenvalue weighted by atomic mass is 32.1. The zero-order valence-electron chi connectivity index (χ0n) is 15.3. The maximum atomic E-state index is 10.7. The van der Waals surface area contributed by atoms with E-state index in [1.165, 1.54) is 23.5 Å². The van der Waals surface area contributed by atoms with Crippen LogP contribution in [0.25, 0.3) is 0 Å². The van der Waals surface area contributed by atoms with Crippen molar-refractivity contribution in [2.45, 2.75) is 13.5 Å². The second-order valence-electron chi connectivity index (χ2n) is 5.78. The van der Waals surface area contributed by atoms with Crippen molar-refractivity contribution in [3.05, 3.63) is 74.8 Å². The Kier molecular flexibility index (Phi) is 6.18. The van der Waals surface area contributed by atoms with Crippen molar-refractivity contribution in [2.75, 3.05) is 12.5 Å². The van der Waals surface area contributed by atoms with Gasteiger partial charge in [-0.15, -0.1) is 11.3 Å². The minimum absolute atomic E-state index is 0.0195. The molecule has 0 radical (unpaired) electrons. The van der Waals surface area contributed by atoms with Gasteiger partial charge in [0.25, 0.3) is 5.69 Å².